The third-order valence-electron chi connectivity index (χ3n) is 7.87. The van der Waals surface area contributed by atoms with Gasteiger partial charge in [-0.15, -0.1) is 0 Å². The molecule has 0 radical (unpaired) electrons. The van der Waals surface area contributed by atoms with E-state index < -0.39 is 15.6 Å². The predicted molar refractivity (Wildman–Crippen MR) is 116 cm³/mol. The number of carbonyl (C=O) groups is 2. The summed E-state index contributed by atoms with van der Waals surface area (Å²) in [6.07, 6.45) is 4.84. The van der Waals surface area contributed by atoms with E-state index in [-0.39, 0.29) is 27.9 Å². The highest BCUT2D eigenvalue weighted by Crippen LogP contribution is 2.62. The topological polar surface area (TPSA) is 116 Å². The lowest BCUT2D eigenvalue weighted by Crippen LogP contribution is -2.57. The van der Waals surface area contributed by atoms with Crippen LogP contribution in [-0.4, -0.2) is 32.8 Å². The number of methoxy groups -OCH3 is 1. The van der Waals surface area contributed by atoms with Gasteiger partial charge in [0.25, 0.3) is 0 Å². The van der Waals surface area contributed by atoms with E-state index in [0.717, 1.165) is 32.1 Å². The molecule has 7 nitrogen and oxygen atoms in total. The largest absolute Gasteiger partial charge is 0.497 e. The number of amides is 1. The minimum absolute atomic E-state index is 0.0900. The molecule has 1 aromatic rings. The van der Waals surface area contributed by atoms with Crippen LogP contribution in [0.5, 0.6) is 5.75 Å². The highest BCUT2D eigenvalue weighted by molar-refractivity contribution is 7.89. The van der Waals surface area contributed by atoms with Crippen molar-refractivity contribution in [3.05, 3.63) is 24.3 Å². The number of carbonyl (C=O) groups excluding carboxylic acids is 2. The standard InChI is InChI=1S/C23H32N2O5S/c1-22(2,25-31(28,29)18-6-4-17(30-3)5-7-18)20(26)10-19-15-8-14-9-16(19)13-23(11-14,12-15)21(24)27/h4-7,14-16,19,25H,8-13H2,1-3H3,(H2,24,27). The Morgan fingerprint density at radius 1 is 1.13 bits per heavy atom. The fourth-order valence-corrected chi connectivity index (χ4v) is 7.84. The highest BCUT2D eigenvalue weighted by Gasteiger charge is 2.58. The zero-order valence-electron chi connectivity index (χ0n) is 18.4. The summed E-state index contributed by atoms with van der Waals surface area (Å²) in [5.41, 5.74) is 4.15. The van der Waals surface area contributed by atoms with Crippen molar-refractivity contribution in [3.63, 3.8) is 0 Å². The zero-order chi connectivity index (χ0) is 22.6. The number of hydrogen-bond acceptors (Lipinski definition) is 5. The summed E-state index contributed by atoms with van der Waals surface area (Å²) in [6, 6.07) is 6.07. The first-order valence-electron chi connectivity index (χ1n) is 11.0. The van der Waals surface area contributed by atoms with Crippen LogP contribution in [0.3, 0.4) is 0 Å². The van der Waals surface area contributed by atoms with E-state index in [9.17, 15) is 18.0 Å². The van der Waals surface area contributed by atoms with E-state index in [1.165, 1.54) is 19.2 Å². The van der Waals surface area contributed by atoms with Gasteiger partial charge in [-0.05, 0) is 93.9 Å². The SMILES string of the molecule is COc1ccc(S(=O)(=O)NC(C)(C)C(=O)CC2C3CC4CC2CC(C(N)=O)(C4)C3)cc1. The van der Waals surface area contributed by atoms with E-state index in [2.05, 4.69) is 4.72 Å². The summed E-state index contributed by atoms with van der Waals surface area (Å²) in [4.78, 5) is 25.5. The van der Waals surface area contributed by atoms with Gasteiger partial charge in [-0.2, -0.15) is 4.72 Å². The Balaban J connectivity index is 1.46. The fraction of sp³-hybridized carbons (Fsp3) is 0.652. The molecule has 2 unspecified atom stereocenters. The lowest BCUT2D eigenvalue weighted by Gasteiger charge is -2.59. The van der Waals surface area contributed by atoms with E-state index >= 15 is 0 Å². The molecule has 4 aliphatic rings. The molecule has 1 aromatic carbocycles. The normalized spacial score (nSPS) is 32.1. The summed E-state index contributed by atoms with van der Waals surface area (Å²) >= 11 is 0. The number of sulfonamides is 1. The van der Waals surface area contributed by atoms with Crippen LogP contribution in [0, 0.1) is 29.1 Å². The Hall–Kier alpha value is -1.93. The van der Waals surface area contributed by atoms with Crippen LogP contribution in [0.4, 0.5) is 0 Å². The van der Waals surface area contributed by atoms with Crippen molar-refractivity contribution >= 4 is 21.7 Å². The molecule has 8 heteroatoms. The van der Waals surface area contributed by atoms with E-state index in [1.807, 2.05) is 0 Å². The maximum absolute atomic E-state index is 13.2. The van der Waals surface area contributed by atoms with Crippen molar-refractivity contribution in [2.45, 2.75) is 62.8 Å². The highest BCUT2D eigenvalue weighted by atomic mass is 32.2. The van der Waals surface area contributed by atoms with Crippen molar-refractivity contribution in [3.8, 4) is 5.75 Å². The first kappa shape index (κ1) is 22.3. The Kier molecular flexibility index (Phi) is 5.45. The molecule has 4 aliphatic carbocycles. The van der Waals surface area contributed by atoms with Gasteiger partial charge >= 0.3 is 0 Å². The number of ether oxygens (including phenoxy) is 1. The molecule has 4 bridgehead atoms. The molecule has 0 aliphatic heterocycles. The van der Waals surface area contributed by atoms with Crippen LogP contribution in [0.25, 0.3) is 0 Å². The lowest BCUT2D eigenvalue weighted by atomic mass is 9.45. The Morgan fingerprint density at radius 2 is 1.71 bits per heavy atom. The van der Waals surface area contributed by atoms with Crippen molar-refractivity contribution < 1.29 is 22.7 Å². The van der Waals surface area contributed by atoms with Gasteiger partial charge in [0, 0.05) is 11.8 Å². The van der Waals surface area contributed by atoms with Crippen molar-refractivity contribution in [1.29, 1.82) is 0 Å². The first-order chi connectivity index (χ1) is 14.5. The number of benzene rings is 1. The van der Waals surface area contributed by atoms with Gasteiger partial charge in [0.15, 0.2) is 5.78 Å². The number of primary amides is 1. The second kappa shape index (κ2) is 7.59. The molecular formula is C23H32N2O5S. The van der Waals surface area contributed by atoms with E-state index in [0.29, 0.717) is 29.9 Å². The number of hydrogen-bond donors (Lipinski definition) is 2. The van der Waals surface area contributed by atoms with Crippen LogP contribution in [-0.2, 0) is 19.6 Å². The number of nitrogens with one attached hydrogen (secondary N) is 1. The smallest absolute Gasteiger partial charge is 0.241 e. The Morgan fingerprint density at radius 3 is 2.23 bits per heavy atom. The quantitative estimate of drug-likeness (QED) is 0.634. The predicted octanol–water partition coefficient (Wildman–Crippen LogP) is 2.64. The molecule has 1 amide bonds. The third kappa shape index (κ3) is 4.00. The van der Waals surface area contributed by atoms with Gasteiger partial charge in [0.2, 0.25) is 15.9 Å². The van der Waals surface area contributed by atoms with Crippen LogP contribution >= 0.6 is 0 Å². The molecule has 170 valence electrons. The summed E-state index contributed by atoms with van der Waals surface area (Å²) in [7, 11) is -2.34. The van der Waals surface area contributed by atoms with Crippen LogP contribution in [0.15, 0.2) is 29.2 Å². The summed E-state index contributed by atoms with van der Waals surface area (Å²) in [5.74, 6) is 1.61. The van der Waals surface area contributed by atoms with Crippen molar-refractivity contribution in [2.75, 3.05) is 7.11 Å². The van der Waals surface area contributed by atoms with Gasteiger partial charge in [-0.25, -0.2) is 8.42 Å². The average Bonchev–Trinajstić information content (AvgIpc) is 2.69. The minimum Gasteiger partial charge on any atom is -0.497 e. The molecule has 0 heterocycles. The average molecular weight is 449 g/mol. The fourth-order valence-electron chi connectivity index (χ4n) is 6.44. The van der Waals surface area contributed by atoms with Gasteiger partial charge in [0.05, 0.1) is 17.5 Å². The zero-order valence-corrected chi connectivity index (χ0v) is 19.2. The number of rotatable bonds is 8. The minimum atomic E-state index is -3.86. The van der Waals surface area contributed by atoms with E-state index in [4.69, 9.17) is 10.5 Å². The number of ketones is 1. The van der Waals surface area contributed by atoms with Crippen LogP contribution < -0.4 is 15.2 Å². The molecule has 5 rings (SSSR count). The molecule has 4 fully saturated rings. The molecule has 0 saturated heterocycles. The number of Topliss-reactive ketones (excluding diaryl/α,β-unsaturated/α-hetero) is 1. The first-order valence-corrected chi connectivity index (χ1v) is 12.5. The number of nitrogens with two attached hydrogens (primary N) is 1. The van der Waals surface area contributed by atoms with Crippen LogP contribution in [0.1, 0.15) is 52.4 Å². The maximum atomic E-state index is 13.2. The molecule has 0 spiro atoms. The molecule has 31 heavy (non-hydrogen) atoms. The van der Waals surface area contributed by atoms with Gasteiger partial charge in [-0.3, -0.25) is 9.59 Å². The van der Waals surface area contributed by atoms with Crippen LogP contribution in [0.2, 0.25) is 0 Å². The summed E-state index contributed by atoms with van der Waals surface area (Å²) in [6.45, 7) is 3.24. The molecule has 4 saturated carbocycles. The second-order valence-corrected chi connectivity index (χ2v) is 12.0. The monoisotopic (exact) mass is 448 g/mol. The summed E-state index contributed by atoms with van der Waals surface area (Å²) in [5, 5.41) is 0. The second-order valence-electron chi connectivity index (χ2n) is 10.3. The summed E-state index contributed by atoms with van der Waals surface area (Å²) < 4.78 is 33.4. The van der Waals surface area contributed by atoms with Gasteiger partial charge < -0.3 is 10.5 Å². The molecular weight excluding hydrogens is 416 g/mol. The van der Waals surface area contributed by atoms with Gasteiger partial charge in [-0.1, -0.05) is 0 Å². The third-order valence-corrected chi connectivity index (χ3v) is 9.54. The van der Waals surface area contributed by atoms with Crippen molar-refractivity contribution in [2.24, 2.45) is 34.8 Å². The molecule has 3 N–H and O–H groups in total. The maximum Gasteiger partial charge on any atom is 0.241 e. The lowest BCUT2D eigenvalue weighted by molar-refractivity contribution is -0.152. The van der Waals surface area contributed by atoms with Gasteiger partial charge in [0.1, 0.15) is 5.75 Å². The molecule has 0 aromatic heterocycles. The van der Waals surface area contributed by atoms with Crippen molar-refractivity contribution in [1.82, 2.24) is 4.72 Å². The Labute approximate surface area is 184 Å². The van der Waals surface area contributed by atoms with E-state index in [1.54, 1.807) is 26.0 Å². The Bertz CT molecular complexity index is 970. The molecule has 2 atom stereocenters.